The topological polar surface area (TPSA) is 37.9 Å². The Labute approximate surface area is 365 Å². The monoisotopic (exact) mass is 804 g/mol. The zero-order valence-corrected chi connectivity index (χ0v) is 34.7. The SMILES string of the molecule is CC1=C(c2ccc(-c3cccc4ccccc34)cc2)N=C(c2ccc(-c3cccc4oc5cc(-c6ccc7ccccc7c6)ccc5c34)cc2)N=C(c2ccc3ccccc3c2)C1. The number of benzene rings is 10. The van der Waals surface area contributed by atoms with Gasteiger partial charge in [0.05, 0.1) is 11.4 Å². The van der Waals surface area contributed by atoms with Crippen LogP contribution in [0.4, 0.5) is 0 Å². The summed E-state index contributed by atoms with van der Waals surface area (Å²) in [5.74, 6) is 0.697. The fourth-order valence-corrected chi connectivity index (χ4v) is 9.40. The maximum Gasteiger partial charge on any atom is 0.160 e. The van der Waals surface area contributed by atoms with Gasteiger partial charge in [0.2, 0.25) is 0 Å². The number of hydrogen-bond acceptors (Lipinski definition) is 3. The smallest absolute Gasteiger partial charge is 0.160 e. The van der Waals surface area contributed by atoms with Crippen LogP contribution in [0.3, 0.4) is 0 Å². The first kappa shape index (κ1) is 36.7. The van der Waals surface area contributed by atoms with Gasteiger partial charge in [-0.15, -0.1) is 0 Å². The number of fused-ring (bicyclic) bond motifs is 6. The van der Waals surface area contributed by atoms with E-state index >= 15 is 0 Å². The summed E-state index contributed by atoms with van der Waals surface area (Å²) in [5.41, 5.74) is 15.0. The average Bonchev–Trinajstić information content (AvgIpc) is 3.63. The number of hydrogen-bond donors (Lipinski definition) is 0. The van der Waals surface area contributed by atoms with E-state index in [1.54, 1.807) is 0 Å². The Hall–Kier alpha value is -8.14. The molecule has 12 rings (SSSR count). The zero-order valence-electron chi connectivity index (χ0n) is 34.7. The molecule has 0 fully saturated rings. The van der Waals surface area contributed by atoms with Gasteiger partial charge in [0.25, 0.3) is 0 Å². The van der Waals surface area contributed by atoms with Crippen molar-refractivity contribution in [2.45, 2.75) is 13.3 Å². The van der Waals surface area contributed by atoms with E-state index in [1.807, 2.05) is 0 Å². The van der Waals surface area contributed by atoms with E-state index < -0.39 is 0 Å². The molecule has 0 aliphatic carbocycles. The van der Waals surface area contributed by atoms with Crippen LogP contribution >= 0.6 is 0 Å². The molecule has 0 spiro atoms. The van der Waals surface area contributed by atoms with Crippen LogP contribution in [-0.4, -0.2) is 11.5 Å². The molecule has 63 heavy (non-hydrogen) atoms. The van der Waals surface area contributed by atoms with E-state index in [0.717, 1.165) is 66.7 Å². The Kier molecular flexibility index (Phi) is 8.79. The Morgan fingerprint density at radius 2 is 0.905 bits per heavy atom. The van der Waals surface area contributed by atoms with Gasteiger partial charge in [-0.3, -0.25) is 0 Å². The van der Waals surface area contributed by atoms with E-state index in [9.17, 15) is 0 Å². The third-order valence-corrected chi connectivity index (χ3v) is 12.7. The number of amidine groups is 1. The first-order valence-corrected chi connectivity index (χ1v) is 21.6. The number of aliphatic imine (C=N–C) groups is 2. The van der Waals surface area contributed by atoms with Gasteiger partial charge in [0, 0.05) is 28.3 Å². The van der Waals surface area contributed by atoms with Crippen molar-refractivity contribution < 1.29 is 4.42 Å². The van der Waals surface area contributed by atoms with E-state index in [-0.39, 0.29) is 0 Å². The van der Waals surface area contributed by atoms with Crippen LogP contribution in [0.1, 0.15) is 30.0 Å². The summed E-state index contributed by atoms with van der Waals surface area (Å²) in [6.45, 7) is 2.20. The highest BCUT2D eigenvalue weighted by atomic mass is 16.3. The van der Waals surface area contributed by atoms with Crippen LogP contribution in [-0.2, 0) is 0 Å². The molecular formula is C60H40N2O. The molecule has 0 saturated heterocycles. The summed E-state index contributed by atoms with van der Waals surface area (Å²) >= 11 is 0. The minimum absolute atomic E-state index is 0.683. The van der Waals surface area contributed by atoms with Crippen LogP contribution in [0.2, 0.25) is 0 Å². The molecule has 0 bridgehead atoms. The molecule has 1 aromatic heterocycles. The van der Waals surface area contributed by atoms with Gasteiger partial charge in [-0.05, 0) is 114 Å². The first-order chi connectivity index (χ1) is 31.1. The predicted octanol–water partition coefficient (Wildman–Crippen LogP) is 16.1. The third kappa shape index (κ3) is 6.63. The second kappa shape index (κ2) is 15.1. The van der Waals surface area contributed by atoms with Crippen LogP contribution in [0.15, 0.2) is 232 Å². The molecule has 0 radical (unpaired) electrons. The molecule has 10 aromatic carbocycles. The second-order valence-corrected chi connectivity index (χ2v) is 16.6. The standard InChI is InChI=1S/C60H40N2O/c1-38-34-55(50-31-21-40-11-3-5-14-47(40)36-50)61-60(62-59(38)44-26-22-42(23-27-44)52-17-8-15-41-12-6-7-16-51(41)52)45-28-24-43(25-29-45)53-18-9-19-56-58(53)54-33-32-49(37-57(54)63-56)48-30-20-39-10-2-4-13-46(39)35-48/h2-33,35-37H,34H2,1H3. The predicted molar refractivity (Wildman–Crippen MR) is 266 cm³/mol. The zero-order chi connectivity index (χ0) is 41.9. The lowest BCUT2D eigenvalue weighted by molar-refractivity contribution is 0.669. The van der Waals surface area contributed by atoms with Gasteiger partial charge in [0.15, 0.2) is 5.84 Å². The molecule has 3 nitrogen and oxygen atoms in total. The molecule has 1 aliphatic heterocycles. The molecule has 11 aromatic rings. The van der Waals surface area contributed by atoms with Crippen LogP contribution < -0.4 is 0 Å². The number of rotatable bonds is 6. The Morgan fingerprint density at radius 3 is 1.67 bits per heavy atom. The van der Waals surface area contributed by atoms with Crippen molar-refractivity contribution in [2.24, 2.45) is 9.98 Å². The van der Waals surface area contributed by atoms with Crippen molar-refractivity contribution in [3.63, 3.8) is 0 Å². The lowest BCUT2D eigenvalue weighted by atomic mass is 9.95. The lowest BCUT2D eigenvalue weighted by Gasteiger charge is -2.11. The van der Waals surface area contributed by atoms with Crippen molar-refractivity contribution in [1.29, 1.82) is 0 Å². The summed E-state index contributed by atoms with van der Waals surface area (Å²) < 4.78 is 6.55. The van der Waals surface area contributed by atoms with Crippen molar-refractivity contribution >= 4 is 71.5 Å². The Bertz CT molecular complexity index is 3690. The van der Waals surface area contributed by atoms with Crippen LogP contribution in [0, 0.1) is 0 Å². The number of furan rings is 1. The van der Waals surface area contributed by atoms with Crippen molar-refractivity contribution in [3.8, 4) is 33.4 Å². The van der Waals surface area contributed by atoms with Gasteiger partial charge in [-0.25, -0.2) is 9.98 Å². The highest BCUT2D eigenvalue weighted by Gasteiger charge is 2.20. The number of nitrogens with zero attached hydrogens (tertiary/aromatic N) is 2. The van der Waals surface area contributed by atoms with Gasteiger partial charge in [-0.2, -0.15) is 0 Å². The summed E-state index contributed by atoms with van der Waals surface area (Å²) in [6, 6.07) is 75.9. The highest BCUT2D eigenvalue weighted by molar-refractivity contribution is 6.17. The average molecular weight is 805 g/mol. The van der Waals surface area contributed by atoms with E-state index in [2.05, 4.69) is 219 Å². The van der Waals surface area contributed by atoms with Crippen molar-refractivity contribution in [3.05, 3.63) is 235 Å². The third-order valence-electron chi connectivity index (χ3n) is 12.7. The van der Waals surface area contributed by atoms with Gasteiger partial charge >= 0.3 is 0 Å². The van der Waals surface area contributed by atoms with Gasteiger partial charge in [0.1, 0.15) is 11.2 Å². The largest absolute Gasteiger partial charge is 0.456 e. The maximum atomic E-state index is 6.55. The summed E-state index contributed by atoms with van der Waals surface area (Å²) in [7, 11) is 0. The molecule has 0 N–H and O–H groups in total. The molecule has 1 aliphatic rings. The van der Waals surface area contributed by atoms with Gasteiger partial charge in [-0.1, -0.05) is 182 Å². The fraction of sp³-hybridized carbons (Fsp3) is 0.0333. The molecule has 2 heterocycles. The maximum absolute atomic E-state index is 6.55. The summed E-state index contributed by atoms with van der Waals surface area (Å²) in [5, 5.41) is 9.57. The van der Waals surface area contributed by atoms with E-state index in [1.165, 1.54) is 54.6 Å². The molecule has 0 atom stereocenters. The molecular weight excluding hydrogens is 765 g/mol. The fourth-order valence-electron chi connectivity index (χ4n) is 9.40. The minimum atomic E-state index is 0.683. The lowest BCUT2D eigenvalue weighted by Crippen LogP contribution is -2.06. The highest BCUT2D eigenvalue weighted by Crippen LogP contribution is 2.39. The van der Waals surface area contributed by atoms with Crippen molar-refractivity contribution in [1.82, 2.24) is 0 Å². The number of allylic oxidation sites excluding steroid dienone is 1. The molecule has 0 saturated carbocycles. The minimum Gasteiger partial charge on any atom is -0.456 e. The van der Waals surface area contributed by atoms with E-state index in [0.29, 0.717) is 12.3 Å². The van der Waals surface area contributed by atoms with E-state index in [4.69, 9.17) is 14.4 Å². The first-order valence-electron chi connectivity index (χ1n) is 21.6. The molecule has 0 amide bonds. The molecule has 3 heteroatoms. The van der Waals surface area contributed by atoms with Crippen molar-refractivity contribution in [2.75, 3.05) is 0 Å². The summed E-state index contributed by atoms with van der Waals surface area (Å²) in [4.78, 5) is 10.8. The normalized spacial score (nSPS) is 13.2. The summed E-state index contributed by atoms with van der Waals surface area (Å²) in [6.07, 6.45) is 0.683. The van der Waals surface area contributed by atoms with Crippen LogP contribution in [0.25, 0.3) is 93.3 Å². The van der Waals surface area contributed by atoms with Gasteiger partial charge < -0.3 is 4.42 Å². The molecule has 296 valence electrons. The molecule has 0 unspecified atom stereocenters. The Balaban J connectivity index is 0.927. The second-order valence-electron chi connectivity index (χ2n) is 16.6. The Morgan fingerprint density at radius 1 is 0.365 bits per heavy atom. The van der Waals surface area contributed by atoms with Crippen LogP contribution in [0.5, 0.6) is 0 Å². The quantitative estimate of drug-likeness (QED) is 0.165.